The van der Waals surface area contributed by atoms with Gasteiger partial charge in [-0.3, -0.25) is 4.79 Å². The van der Waals surface area contributed by atoms with E-state index in [1.807, 2.05) is 6.08 Å². The van der Waals surface area contributed by atoms with E-state index in [2.05, 4.69) is 5.32 Å². The summed E-state index contributed by atoms with van der Waals surface area (Å²) in [5.41, 5.74) is 0. The molecule has 1 N–H and O–H groups in total. The second-order valence-corrected chi connectivity index (χ2v) is 2.49. The highest BCUT2D eigenvalue weighted by atomic mass is 32.2. The summed E-state index contributed by atoms with van der Waals surface area (Å²) < 4.78 is 0. The van der Waals surface area contributed by atoms with Crippen LogP contribution in [0.15, 0.2) is 12.2 Å². The lowest BCUT2D eigenvalue weighted by molar-refractivity contribution is -0.116. The topological polar surface area (TPSA) is 29.1 Å². The minimum Gasteiger partial charge on any atom is -0.344 e. The van der Waals surface area contributed by atoms with E-state index < -0.39 is 0 Å². The average Bonchev–Trinajstić information content (AvgIpc) is 1.94. The van der Waals surface area contributed by atoms with Crippen LogP contribution >= 0.6 is 11.8 Å². The molecule has 0 saturated carbocycles. The Bertz CT molecular complexity index is 122. The van der Waals surface area contributed by atoms with Gasteiger partial charge in [0.1, 0.15) is 0 Å². The first-order valence-corrected chi connectivity index (χ1v) is 3.57. The molecule has 0 saturated heterocycles. The number of carbonyl (C=O) groups is 1. The van der Waals surface area contributed by atoms with Gasteiger partial charge in [0.15, 0.2) is 0 Å². The number of hydrogen-bond donors (Lipinski definition) is 1. The maximum absolute atomic E-state index is 10.5. The van der Waals surface area contributed by atoms with E-state index in [9.17, 15) is 4.79 Å². The number of nitrogens with one attached hydrogen (secondary N) is 1. The van der Waals surface area contributed by atoms with Crippen molar-refractivity contribution in [3.05, 3.63) is 12.2 Å². The first-order valence-electron chi connectivity index (χ1n) is 2.42. The molecule has 2 nitrogen and oxygen atoms in total. The largest absolute Gasteiger partial charge is 0.344 e. The lowest BCUT2D eigenvalue weighted by atomic mass is 10.5. The van der Waals surface area contributed by atoms with Crippen LogP contribution in [0.3, 0.4) is 0 Å². The minimum absolute atomic E-state index is 0.0231. The average molecular weight is 129 g/mol. The molecule has 0 aromatic carbocycles. The Balaban J connectivity index is 2.44. The Kier molecular flexibility index (Phi) is 1.97. The van der Waals surface area contributed by atoms with Crippen LogP contribution in [0.1, 0.15) is 0 Å². The molecular weight excluding hydrogens is 122 g/mol. The molecule has 0 radical (unpaired) electrons. The van der Waals surface area contributed by atoms with Crippen molar-refractivity contribution >= 4 is 17.7 Å². The molecule has 0 aliphatic carbocycles. The van der Waals surface area contributed by atoms with Gasteiger partial charge in [-0.05, 0) is 6.08 Å². The molecule has 0 unspecified atom stereocenters. The van der Waals surface area contributed by atoms with Gasteiger partial charge < -0.3 is 5.32 Å². The first kappa shape index (κ1) is 5.69. The Labute approximate surface area is 52.3 Å². The van der Waals surface area contributed by atoms with E-state index in [0.717, 1.165) is 11.6 Å². The predicted octanol–water partition coefficient (Wildman–Crippen LogP) is 0.363. The van der Waals surface area contributed by atoms with Crippen LogP contribution in [0.25, 0.3) is 0 Å². The van der Waals surface area contributed by atoms with Crippen LogP contribution in [-0.2, 0) is 4.79 Å². The van der Waals surface area contributed by atoms with Gasteiger partial charge in [-0.2, -0.15) is 0 Å². The zero-order chi connectivity index (χ0) is 5.82. The molecule has 0 aromatic heterocycles. The number of carbonyl (C=O) groups excluding carboxylic acids is 1. The number of hydrogen-bond acceptors (Lipinski definition) is 2. The van der Waals surface area contributed by atoms with Gasteiger partial charge in [0.2, 0.25) is 5.91 Å². The maximum atomic E-state index is 10.5. The normalized spacial score (nSPS) is 19.8. The summed E-state index contributed by atoms with van der Waals surface area (Å²) in [6.45, 7) is 0. The van der Waals surface area contributed by atoms with Crippen molar-refractivity contribution in [2.24, 2.45) is 0 Å². The number of rotatable bonds is 0. The van der Waals surface area contributed by atoms with Crippen molar-refractivity contribution in [2.75, 3.05) is 11.6 Å². The summed E-state index contributed by atoms with van der Waals surface area (Å²) in [6, 6.07) is 0. The summed E-state index contributed by atoms with van der Waals surface area (Å²) in [6.07, 6.45) is 3.44. The maximum Gasteiger partial charge on any atom is 0.244 e. The molecule has 1 aliphatic heterocycles. The second-order valence-electron chi connectivity index (χ2n) is 1.46. The Morgan fingerprint density at radius 1 is 1.75 bits per heavy atom. The molecule has 1 amide bonds. The molecule has 0 spiro atoms. The first-order chi connectivity index (χ1) is 3.89. The molecule has 0 atom stereocenters. The van der Waals surface area contributed by atoms with Crippen LogP contribution in [-0.4, -0.2) is 17.5 Å². The Morgan fingerprint density at radius 3 is 3.50 bits per heavy atom. The second kappa shape index (κ2) is 2.77. The van der Waals surface area contributed by atoms with E-state index in [0.29, 0.717) is 0 Å². The van der Waals surface area contributed by atoms with E-state index in [4.69, 9.17) is 0 Å². The fourth-order valence-electron chi connectivity index (χ4n) is 0.463. The van der Waals surface area contributed by atoms with Crippen LogP contribution in [0.5, 0.6) is 0 Å². The molecule has 44 valence electrons. The third kappa shape index (κ3) is 1.58. The molecule has 1 rings (SSSR count). The van der Waals surface area contributed by atoms with Crippen LogP contribution in [0.4, 0.5) is 0 Å². The summed E-state index contributed by atoms with van der Waals surface area (Å²) in [5.74, 6) is 1.71. The summed E-state index contributed by atoms with van der Waals surface area (Å²) in [5, 5.41) is 2.68. The van der Waals surface area contributed by atoms with Gasteiger partial charge in [-0.1, -0.05) is 6.08 Å². The Morgan fingerprint density at radius 2 is 2.62 bits per heavy atom. The lowest BCUT2D eigenvalue weighted by Crippen LogP contribution is -2.18. The highest BCUT2D eigenvalue weighted by molar-refractivity contribution is 7.99. The molecule has 1 aliphatic rings. The van der Waals surface area contributed by atoms with Gasteiger partial charge in [-0.15, -0.1) is 11.8 Å². The van der Waals surface area contributed by atoms with Crippen molar-refractivity contribution in [2.45, 2.75) is 0 Å². The molecule has 8 heavy (non-hydrogen) atoms. The van der Waals surface area contributed by atoms with Crippen LogP contribution in [0.2, 0.25) is 0 Å². The van der Waals surface area contributed by atoms with Gasteiger partial charge in [0, 0.05) is 5.75 Å². The summed E-state index contributed by atoms with van der Waals surface area (Å²) >= 11 is 1.70. The lowest BCUT2D eigenvalue weighted by Gasteiger charge is -1.92. The smallest absolute Gasteiger partial charge is 0.244 e. The highest BCUT2D eigenvalue weighted by Gasteiger charge is 1.96. The van der Waals surface area contributed by atoms with E-state index in [1.54, 1.807) is 17.8 Å². The van der Waals surface area contributed by atoms with E-state index in [-0.39, 0.29) is 5.91 Å². The van der Waals surface area contributed by atoms with E-state index >= 15 is 0 Å². The zero-order valence-corrected chi connectivity index (χ0v) is 5.20. The minimum atomic E-state index is 0.0231. The summed E-state index contributed by atoms with van der Waals surface area (Å²) in [4.78, 5) is 10.5. The third-order valence-electron chi connectivity index (χ3n) is 0.832. The number of thioether (sulfide) groups is 1. The van der Waals surface area contributed by atoms with E-state index in [1.165, 1.54) is 0 Å². The molecule has 0 bridgehead atoms. The van der Waals surface area contributed by atoms with Crippen molar-refractivity contribution in [1.29, 1.82) is 0 Å². The van der Waals surface area contributed by atoms with Crippen molar-refractivity contribution < 1.29 is 4.79 Å². The van der Waals surface area contributed by atoms with Gasteiger partial charge >= 0.3 is 0 Å². The predicted molar refractivity (Wildman–Crippen MR) is 34.6 cm³/mol. The summed E-state index contributed by atoms with van der Waals surface area (Å²) in [7, 11) is 0. The zero-order valence-electron chi connectivity index (χ0n) is 4.39. The molecule has 0 aromatic rings. The quantitative estimate of drug-likeness (QED) is 0.511. The fourth-order valence-corrected chi connectivity index (χ4v) is 1.06. The number of amides is 1. The monoisotopic (exact) mass is 129 g/mol. The SMILES string of the molecule is O=C1C=CCSCN1. The van der Waals surface area contributed by atoms with Crippen LogP contribution < -0.4 is 5.32 Å². The molecule has 3 heteroatoms. The third-order valence-corrected chi connectivity index (χ3v) is 1.61. The van der Waals surface area contributed by atoms with Crippen molar-refractivity contribution in [1.82, 2.24) is 5.32 Å². The molecule has 0 fully saturated rings. The highest BCUT2D eigenvalue weighted by Crippen LogP contribution is 1.99. The van der Waals surface area contributed by atoms with Crippen molar-refractivity contribution in [3.63, 3.8) is 0 Å². The van der Waals surface area contributed by atoms with Gasteiger partial charge in [0.05, 0.1) is 5.88 Å². The van der Waals surface area contributed by atoms with Gasteiger partial charge in [0.25, 0.3) is 0 Å². The van der Waals surface area contributed by atoms with Gasteiger partial charge in [-0.25, -0.2) is 0 Å². The molecule has 1 heterocycles. The van der Waals surface area contributed by atoms with Crippen LogP contribution in [0, 0.1) is 0 Å². The Hall–Kier alpha value is -0.440. The van der Waals surface area contributed by atoms with Crippen molar-refractivity contribution in [3.8, 4) is 0 Å². The standard InChI is InChI=1S/C5H7NOS/c7-5-2-1-3-8-4-6-5/h1-2H,3-4H2,(H,6,7). The molecular formula is C5H7NOS. The fraction of sp³-hybridized carbons (Fsp3) is 0.400.